The number of sulfonamides is 1. The lowest BCUT2D eigenvalue weighted by molar-refractivity contribution is 0.0788. The first-order chi connectivity index (χ1) is 11.2. The van der Waals surface area contributed by atoms with E-state index in [0.717, 1.165) is 0 Å². The number of methoxy groups -OCH3 is 1. The van der Waals surface area contributed by atoms with Gasteiger partial charge in [0.2, 0.25) is 10.0 Å². The third-order valence-electron chi connectivity index (χ3n) is 3.17. The molecule has 0 aliphatic rings. The van der Waals surface area contributed by atoms with Crippen molar-refractivity contribution in [2.75, 3.05) is 7.11 Å². The molecule has 4 nitrogen and oxygen atoms in total. The first-order valence-corrected chi connectivity index (χ1v) is 9.61. The number of alkyl halides is 2. The van der Waals surface area contributed by atoms with Crippen molar-refractivity contribution in [2.24, 2.45) is 0 Å². The van der Waals surface area contributed by atoms with Gasteiger partial charge >= 0.3 is 0 Å². The predicted octanol–water partition coefficient (Wildman–Crippen LogP) is 4.57. The van der Waals surface area contributed by atoms with Crippen molar-refractivity contribution in [3.8, 4) is 0 Å². The predicted molar refractivity (Wildman–Crippen MR) is 97.4 cm³/mol. The molecular formula is C15H13Cl4NO3S. The van der Waals surface area contributed by atoms with Gasteiger partial charge in [0.05, 0.1) is 5.02 Å². The molecule has 1 atom stereocenters. The highest BCUT2D eigenvalue weighted by Crippen LogP contribution is 2.38. The summed E-state index contributed by atoms with van der Waals surface area (Å²) in [5.41, 5.74) is 0.477. The Bertz CT molecular complexity index is 813. The maximum absolute atomic E-state index is 12.6. The number of rotatable bonds is 6. The topological polar surface area (TPSA) is 55.4 Å². The molecule has 0 radical (unpaired) electrons. The molecule has 0 saturated heterocycles. The maximum Gasteiger partial charge on any atom is 0.244 e. The quantitative estimate of drug-likeness (QED) is 0.541. The Kier molecular flexibility index (Phi) is 6.42. The largest absolute Gasteiger partial charge is 0.362 e. The minimum Gasteiger partial charge on any atom is -0.362 e. The summed E-state index contributed by atoms with van der Waals surface area (Å²) in [6.45, 7) is 0. The second-order valence-electron chi connectivity index (χ2n) is 4.80. The Morgan fingerprint density at radius 1 is 1.08 bits per heavy atom. The lowest BCUT2D eigenvalue weighted by Gasteiger charge is -2.29. The van der Waals surface area contributed by atoms with Gasteiger partial charge in [-0.15, -0.1) is 0 Å². The molecule has 130 valence electrons. The van der Waals surface area contributed by atoms with Gasteiger partial charge in [-0.25, -0.2) is 8.42 Å². The summed E-state index contributed by atoms with van der Waals surface area (Å²) in [7, 11) is -2.75. The molecule has 0 spiro atoms. The molecule has 2 aromatic carbocycles. The highest BCUT2D eigenvalue weighted by atomic mass is 35.5. The van der Waals surface area contributed by atoms with Gasteiger partial charge in [-0.1, -0.05) is 76.7 Å². The lowest BCUT2D eigenvalue weighted by Crippen LogP contribution is -2.46. The summed E-state index contributed by atoms with van der Waals surface area (Å²) in [6, 6.07) is 12.6. The molecule has 24 heavy (non-hydrogen) atoms. The van der Waals surface area contributed by atoms with E-state index in [1.807, 2.05) is 0 Å². The number of ether oxygens (including phenoxy) is 1. The van der Waals surface area contributed by atoms with Gasteiger partial charge < -0.3 is 4.74 Å². The van der Waals surface area contributed by atoms with E-state index in [1.54, 1.807) is 30.3 Å². The molecule has 0 saturated carbocycles. The summed E-state index contributed by atoms with van der Waals surface area (Å²) in [4.78, 5) is -0.159. The van der Waals surface area contributed by atoms with Crippen molar-refractivity contribution in [2.45, 2.75) is 15.5 Å². The Morgan fingerprint density at radius 2 is 1.71 bits per heavy atom. The van der Waals surface area contributed by atoms with E-state index in [0.29, 0.717) is 10.6 Å². The number of halogens is 4. The zero-order valence-electron chi connectivity index (χ0n) is 12.3. The molecule has 2 rings (SSSR count). The van der Waals surface area contributed by atoms with Gasteiger partial charge in [-0.2, -0.15) is 4.72 Å². The van der Waals surface area contributed by atoms with E-state index in [9.17, 15) is 8.42 Å². The Hall–Kier alpha value is -0.530. The van der Waals surface area contributed by atoms with Crippen molar-refractivity contribution in [1.29, 1.82) is 0 Å². The van der Waals surface area contributed by atoms with Crippen LogP contribution in [0.25, 0.3) is 0 Å². The second kappa shape index (κ2) is 7.79. The molecule has 1 N–H and O–H groups in total. The monoisotopic (exact) mass is 427 g/mol. The third kappa shape index (κ3) is 4.35. The van der Waals surface area contributed by atoms with Crippen LogP contribution in [0.3, 0.4) is 0 Å². The molecule has 0 heterocycles. The lowest BCUT2D eigenvalue weighted by atomic mass is 10.1. The fraction of sp³-hybridized carbons (Fsp3) is 0.200. The van der Waals surface area contributed by atoms with Crippen LogP contribution in [0.15, 0.2) is 53.4 Å². The summed E-state index contributed by atoms with van der Waals surface area (Å²) in [5.74, 6) is 0. The molecule has 0 aromatic heterocycles. The summed E-state index contributed by atoms with van der Waals surface area (Å²) < 4.78 is 31.0. The Balaban J connectivity index is 2.35. The van der Waals surface area contributed by atoms with Gasteiger partial charge in [0, 0.05) is 12.1 Å². The molecule has 0 aliphatic heterocycles. The zero-order chi connectivity index (χ0) is 18.0. The second-order valence-corrected chi connectivity index (χ2v) is 8.71. The van der Waals surface area contributed by atoms with Crippen molar-refractivity contribution in [1.82, 2.24) is 4.72 Å². The molecule has 2 aromatic rings. The van der Waals surface area contributed by atoms with Crippen molar-refractivity contribution in [3.05, 3.63) is 64.1 Å². The van der Waals surface area contributed by atoms with Crippen molar-refractivity contribution < 1.29 is 13.2 Å². The first kappa shape index (κ1) is 19.8. The first-order valence-electron chi connectivity index (χ1n) is 6.62. The molecule has 9 heteroatoms. The molecule has 0 amide bonds. The fourth-order valence-corrected chi connectivity index (χ4v) is 4.61. The van der Waals surface area contributed by atoms with Crippen LogP contribution in [0, 0.1) is 0 Å². The van der Waals surface area contributed by atoms with E-state index >= 15 is 0 Å². The molecule has 0 fully saturated rings. The average Bonchev–Trinajstić information content (AvgIpc) is 2.53. The normalized spacial score (nSPS) is 13.7. The number of nitrogens with one attached hydrogen (secondary N) is 1. The number of hydrogen-bond donors (Lipinski definition) is 1. The van der Waals surface area contributed by atoms with Crippen LogP contribution in [0.1, 0.15) is 5.56 Å². The van der Waals surface area contributed by atoms with Crippen molar-refractivity contribution >= 4 is 56.4 Å². The van der Waals surface area contributed by atoms with Gasteiger partial charge in [-0.05, 0) is 23.8 Å². The van der Waals surface area contributed by atoms with Crippen LogP contribution in [0.5, 0.6) is 0 Å². The van der Waals surface area contributed by atoms with E-state index in [1.165, 1.54) is 25.3 Å². The highest BCUT2D eigenvalue weighted by Gasteiger charge is 2.40. The van der Waals surface area contributed by atoms with E-state index in [4.69, 9.17) is 51.1 Å². The summed E-state index contributed by atoms with van der Waals surface area (Å²) >= 11 is 24.4. The smallest absolute Gasteiger partial charge is 0.244 e. The Morgan fingerprint density at radius 3 is 2.25 bits per heavy atom. The Labute approximate surface area is 160 Å². The van der Waals surface area contributed by atoms with Crippen LogP contribution < -0.4 is 4.72 Å². The minimum absolute atomic E-state index is 0.0284. The molecule has 0 unspecified atom stereocenters. The number of benzene rings is 2. The van der Waals surface area contributed by atoms with Crippen LogP contribution in [0.2, 0.25) is 10.0 Å². The van der Waals surface area contributed by atoms with E-state index in [-0.39, 0.29) is 9.92 Å². The van der Waals surface area contributed by atoms with Crippen LogP contribution in [-0.4, -0.2) is 21.8 Å². The van der Waals surface area contributed by atoms with E-state index in [2.05, 4.69) is 4.72 Å². The molecular weight excluding hydrogens is 416 g/mol. The van der Waals surface area contributed by atoms with Gasteiger partial charge in [0.1, 0.15) is 4.90 Å². The van der Waals surface area contributed by atoms with Crippen LogP contribution in [0.4, 0.5) is 0 Å². The summed E-state index contributed by atoms with van der Waals surface area (Å²) in [5, 5.41) is 0.287. The summed E-state index contributed by atoms with van der Waals surface area (Å²) in [6.07, 6.45) is -1.25. The standard InChI is InChI=1S/C15H13Cl4NO3S/c1-23-14(15(18,19)10-5-3-2-4-6-10)20-24(21,22)13-8-7-11(16)9-12(13)17/h2-9,14,20H,1H3/t14-/m1/s1. The van der Waals surface area contributed by atoms with Crippen molar-refractivity contribution in [3.63, 3.8) is 0 Å². The van der Waals surface area contributed by atoms with Gasteiger partial charge in [-0.3, -0.25) is 0 Å². The maximum atomic E-state index is 12.6. The van der Waals surface area contributed by atoms with E-state index < -0.39 is 20.6 Å². The number of hydrogen-bond acceptors (Lipinski definition) is 3. The molecule has 0 aliphatic carbocycles. The SMILES string of the molecule is CO[C@@H](NS(=O)(=O)c1ccc(Cl)cc1Cl)C(Cl)(Cl)c1ccccc1. The third-order valence-corrected chi connectivity index (χ3v) is 6.12. The van der Waals surface area contributed by atoms with Gasteiger partial charge in [0.15, 0.2) is 10.6 Å². The van der Waals surface area contributed by atoms with Crippen LogP contribution in [-0.2, 0) is 19.1 Å². The van der Waals surface area contributed by atoms with Gasteiger partial charge in [0.25, 0.3) is 0 Å². The zero-order valence-corrected chi connectivity index (χ0v) is 16.2. The molecule has 0 bridgehead atoms. The highest BCUT2D eigenvalue weighted by molar-refractivity contribution is 7.89. The fourth-order valence-electron chi connectivity index (χ4n) is 1.98. The van der Waals surface area contributed by atoms with Crippen LogP contribution >= 0.6 is 46.4 Å². The minimum atomic E-state index is -4.04. The average molecular weight is 429 g/mol.